The first-order chi connectivity index (χ1) is 13.7. The third-order valence-electron chi connectivity index (χ3n) is 5.37. The Kier molecular flexibility index (Phi) is 5.10. The maximum absolute atomic E-state index is 13.0. The minimum absolute atomic E-state index is 0.168. The van der Waals surface area contributed by atoms with Gasteiger partial charge < -0.3 is 14.5 Å². The van der Waals surface area contributed by atoms with Crippen molar-refractivity contribution < 1.29 is 9.53 Å². The third-order valence-corrected chi connectivity index (χ3v) is 5.37. The van der Waals surface area contributed by atoms with Gasteiger partial charge in [-0.15, -0.1) is 0 Å². The number of methoxy groups -OCH3 is 1. The van der Waals surface area contributed by atoms with Crippen molar-refractivity contribution in [3.8, 4) is 5.75 Å². The second-order valence-electron chi connectivity index (χ2n) is 7.06. The number of amides is 1. The SMILES string of the molecule is COc1ccc2cc([C@@H](C)C(=O)N3CCN(c4ncccn4)CC3)ccc2c1. The summed E-state index contributed by atoms with van der Waals surface area (Å²) in [5, 5.41) is 2.23. The minimum atomic E-state index is -0.175. The number of benzene rings is 2. The highest BCUT2D eigenvalue weighted by Gasteiger charge is 2.26. The van der Waals surface area contributed by atoms with Crippen LogP contribution in [-0.4, -0.2) is 54.1 Å². The zero-order valence-electron chi connectivity index (χ0n) is 16.2. The lowest BCUT2D eigenvalue weighted by Crippen LogP contribution is -2.50. The Hall–Kier alpha value is -3.15. The Bertz CT molecular complexity index is 969. The zero-order valence-corrected chi connectivity index (χ0v) is 16.2. The topological polar surface area (TPSA) is 58.6 Å². The Morgan fingerprint density at radius 3 is 2.39 bits per heavy atom. The van der Waals surface area contributed by atoms with Crippen LogP contribution in [0.4, 0.5) is 5.95 Å². The summed E-state index contributed by atoms with van der Waals surface area (Å²) in [4.78, 5) is 25.7. The quantitative estimate of drug-likeness (QED) is 0.700. The number of fused-ring (bicyclic) bond motifs is 1. The predicted octanol–water partition coefficient (Wildman–Crippen LogP) is 3.09. The van der Waals surface area contributed by atoms with Crippen molar-refractivity contribution in [1.29, 1.82) is 0 Å². The van der Waals surface area contributed by atoms with Gasteiger partial charge in [0.2, 0.25) is 11.9 Å². The van der Waals surface area contributed by atoms with Crippen LogP contribution < -0.4 is 9.64 Å². The van der Waals surface area contributed by atoms with Gasteiger partial charge in [-0.2, -0.15) is 0 Å². The van der Waals surface area contributed by atoms with Crippen molar-refractivity contribution in [2.24, 2.45) is 0 Å². The van der Waals surface area contributed by atoms with E-state index < -0.39 is 0 Å². The molecule has 0 bridgehead atoms. The number of carbonyl (C=O) groups is 1. The number of ether oxygens (including phenoxy) is 1. The number of piperazine rings is 1. The van der Waals surface area contributed by atoms with Crippen LogP contribution in [0.25, 0.3) is 10.8 Å². The molecular formula is C22H24N4O2. The van der Waals surface area contributed by atoms with Gasteiger partial charge in [-0.1, -0.05) is 24.3 Å². The van der Waals surface area contributed by atoms with Crippen LogP contribution in [0.2, 0.25) is 0 Å². The van der Waals surface area contributed by atoms with Crippen molar-refractivity contribution in [1.82, 2.24) is 14.9 Å². The molecule has 0 unspecified atom stereocenters. The summed E-state index contributed by atoms with van der Waals surface area (Å²) >= 11 is 0. The molecule has 144 valence electrons. The second kappa shape index (κ2) is 7.84. The fourth-order valence-electron chi connectivity index (χ4n) is 3.64. The van der Waals surface area contributed by atoms with Crippen LogP contribution in [-0.2, 0) is 4.79 Å². The molecule has 1 aliphatic heterocycles. The highest BCUT2D eigenvalue weighted by Crippen LogP contribution is 2.26. The van der Waals surface area contributed by atoms with E-state index in [1.54, 1.807) is 19.5 Å². The number of nitrogens with zero attached hydrogens (tertiary/aromatic N) is 4. The second-order valence-corrected chi connectivity index (χ2v) is 7.06. The molecule has 1 saturated heterocycles. The number of anilines is 1. The van der Waals surface area contributed by atoms with Crippen LogP contribution in [0.3, 0.4) is 0 Å². The lowest BCUT2D eigenvalue weighted by atomic mass is 9.96. The minimum Gasteiger partial charge on any atom is -0.497 e. The zero-order chi connectivity index (χ0) is 19.5. The Labute approximate surface area is 164 Å². The van der Waals surface area contributed by atoms with Gasteiger partial charge in [0.05, 0.1) is 13.0 Å². The van der Waals surface area contributed by atoms with Gasteiger partial charge in [0.1, 0.15) is 5.75 Å². The van der Waals surface area contributed by atoms with Crippen LogP contribution in [0.1, 0.15) is 18.4 Å². The molecule has 3 aromatic rings. The lowest BCUT2D eigenvalue weighted by Gasteiger charge is -2.36. The summed E-state index contributed by atoms with van der Waals surface area (Å²) in [6, 6.07) is 14.0. The molecule has 6 nitrogen and oxygen atoms in total. The van der Waals surface area contributed by atoms with E-state index in [-0.39, 0.29) is 11.8 Å². The molecule has 2 heterocycles. The molecule has 0 aliphatic carbocycles. The summed E-state index contributed by atoms with van der Waals surface area (Å²) in [7, 11) is 1.67. The maximum atomic E-state index is 13.0. The first kappa shape index (κ1) is 18.2. The molecular weight excluding hydrogens is 352 g/mol. The van der Waals surface area contributed by atoms with E-state index in [4.69, 9.17) is 4.74 Å². The fourth-order valence-corrected chi connectivity index (χ4v) is 3.64. The molecule has 28 heavy (non-hydrogen) atoms. The van der Waals surface area contributed by atoms with E-state index in [1.165, 1.54) is 0 Å². The monoisotopic (exact) mass is 376 g/mol. The van der Waals surface area contributed by atoms with Gasteiger partial charge in [0.15, 0.2) is 0 Å². The van der Waals surface area contributed by atoms with E-state index in [0.29, 0.717) is 13.1 Å². The standard InChI is InChI=1S/C22H24N4O2/c1-16(17-4-5-19-15-20(28-2)7-6-18(19)14-17)21(27)25-10-12-26(13-11-25)22-23-8-3-9-24-22/h3-9,14-16H,10-13H2,1-2H3/t16-/m1/s1. The van der Waals surface area contributed by atoms with E-state index in [2.05, 4.69) is 27.0 Å². The molecule has 1 amide bonds. The lowest BCUT2D eigenvalue weighted by molar-refractivity contribution is -0.132. The van der Waals surface area contributed by atoms with Crippen molar-refractivity contribution in [2.45, 2.75) is 12.8 Å². The molecule has 1 aliphatic rings. The van der Waals surface area contributed by atoms with Crippen LogP contribution >= 0.6 is 0 Å². The molecule has 0 N–H and O–H groups in total. The summed E-state index contributed by atoms with van der Waals surface area (Å²) in [6.07, 6.45) is 3.49. The van der Waals surface area contributed by atoms with Gasteiger partial charge >= 0.3 is 0 Å². The average molecular weight is 376 g/mol. The molecule has 0 saturated carbocycles. The Morgan fingerprint density at radius 1 is 1.00 bits per heavy atom. The fraction of sp³-hybridized carbons (Fsp3) is 0.318. The number of carbonyl (C=O) groups excluding carboxylic acids is 1. The van der Waals surface area contributed by atoms with Crippen LogP contribution in [0.15, 0.2) is 54.9 Å². The van der Waals surface area contributed by atoms with Gasteiger partial charge in [-0.25, -0.2) is 9.97 Å². The molecule has 0 radical (unpaired) electrons. The number of rotatable bonds is 4. The molecule has 6 heteroatoms. The van der Waals surface area contributed by atoms with Gasteiger partial charge in [-0.05, 0) is 41.5 Å². The molecule has 2 aromatic carbocycles. The first-order valence-corrected chi connectivity index (χ1v) is 9.54. The van der Waals surface area contributed by atoms with Gasteiger partial charge in [0, 0.05) is 38.6 Å². The highest BCUT2D eigenvalue weighted by atomic mass is 16.5. The third kappa shape index (κ3) is 3.63. The van der Waals surface area contributed by atoms with E-state index in [0.717, 1.165) is 41.1 Å². The summed E-state index contributed by atoms with van der Waals surface area (Å²) in [6.45, 7) is 4.86. The van der Waals surface area contributed by atoms with Crippen LogP contribution in [0, 0.1) is 0 Å². The smallest absolute Gasteiger partial charge is 0.229 e. The van der Waals surface area contributed by atoms with Crippen molar-refractivity contribution in [2.75, 3.05) is 38.2 Å². The Balaban J connectivity index is 1.44. The summed E-state index contributed by atoms with van der Waals surface area (Å²) in [5.74, 6) is 1.56. The van der Waals surface area contributed by atoms with Crippen LogP contribution in [0.5, 0.6) is 5.75 Å². The molecule has 1 atom stereocenters. The van der Waals surface area contributed by atoms with Crippen molar-refractivity contribution in [3.63, 3.8) is 0 Å². The average Bonchev–Trinajstić information content (AvgIpc) is 2.78. The normalized spacial score (nSPS) is 15.5. The van der Waals surface area contributed by atoms with Crippen molar-refractivity contribution >= 4 is 22.6 Å². The maximum Gasteiger partial charge on any atom is 0.229 e. The largest absolute Gasteiger partial charge is 0.497 e. The van der Waals surface area contributed by atoms with Gasteiger partial charge in [0.25, 0.3) is 0 Å². The predicted molar refractivity (Wildman–Crippen MR) is 110 cm³/mol. The summed E-state index contributed by atoms with van der Waals surface area (Å²) < 4.78 is 5.28. The first-order valence-electron chi connectivity index (χ1n) is 9.54. The molecule has 4 rings (SSSR count). The molecule has 1 aromatic heterocycles. The molecule has 0 spiro atoms. The van der Waals surface area contributed by atoms with Gasteiger partial charge in [-0.3, -0.25) is 4.79 Å². The molecule has 1 fully saturated rings. The van der Waals surface area contributed by atoms with Crippen molar-refractivity contribution in [3.05, 3.63) is 60.4 Å². The van der Waals surface area contributed by atoms with E-state index in [1.807, 2.05) is 42.2 Å². The number of hydrogen-bond acceptors (Lipinski definition) is 5. The summed E-state index contributed by atoms with van der Waals surface area (Å²) in [5.41, 5.74) is 1.04. The van der Waals surface area contributed by atoms with E-state index >= 15 is 0 Å². The number of aromatic nitrogens is 2. The number of hydrogen-bond donors (Lipinski definition) is 0. The highest BCUT2D eigenvalue weighted by molar-refractivity contribution is 5.88. The van der Waals surface area contributed by atoms with E-state index in [9.17, 15) is 4.79 Å². The Morgan fingerprint density at radius 2 is 1.68 bits per heavy atom.